The maximum Gasteiger partial charge on any atom is 0.0750 e. The number of rotatable bonds is 3. The average molecular weight is 300 g/mol. The number of ether oxygens (including phenoxy) is 1. The van der Waals surface area contributed by atoms with Gasteiger partial charge in [-0.2, -0.15) is 0 Å². The quantitative estimate of drug-likeness (QED) is 0.901. The summed E-state index contributed by atoms with van der Waals surface area (Å²) in [5.41, 5.74) is 7.80. The molecule has 2 rings (SSSR count). The Kier molecular flexibility index (Phi) is 3.89. The summed E-state index contributed by atoms with van der Waals surface area (Å²) in [6, 6.07) is 0. The van der Waals surface area contributed by atoms with E-state index in [-0.39, 0.29) is 5.41 Å². The molecule has 0 spiro atoms. The predicted molar refractivity (Wildman–Crippen MR) is 73.0 cm³/mol. The van der Waals surface area contributed by atoms with Crippen LogP contribution in [0, 0.1) is 5.41 Å². The fraction of sp³-hybridized carbons (Fsp3) is 0.583. The third-order valence-corrected chi connectivity index (χ3v) is 3.92. The molecule has 0 atom stereocenters. The monoisotopic (exact) mass is 299 g/mol. The van der Waals surface area contributed by atoms with Crippen LogP contribution in [0.25, 0.3) is 0 Å². The van der Waals surface area contributed by atoms with Gasteiger partial charge >= 0.3 is 0 Å². The maximum atomic E-state index is 5.90. The van der Waals surface area contributed by atoms with Crippen LogP contribution in [0.15, 0.2) is 16.9 Å². The van der Waals surface area contributed by atoms with Gasteiger partial charge < -0.3 is 15.8 Å². The highest BCUT2D eigenvalue weighted by molar-refractivity contribution is 9.10. The smallest absolute Gasteiger partial charge is 0.0750 e. The number of hydrogen-bond donors (Lipinski definition) is 2. The van der Waals surface area contributed by atoms with Gasteiger partial charge in [-0.25, -0.2) is 0 Å². The second-order valence-electron chi connectivity index (χ2n) is 4.86. The Balaban J connectivity index is 2.02. The summed E-state index contributed by atoms with van der Waals surface area (Å²) in [6.45, 7) is 4.90. The van der Waals surface area contributed by atoms with E-state index in [4.69, 9.17) is 10.5 Å². The van der Waals surface area contributed by atoms with Crippen molar-refractivity contribution in [2.45, 2.75) is 19.8 Å². The molecular formula is C12H18BrN3O. The van der Waals surface area contributed by atoms with Gasteiger partial charge in [-0.1, -0.05) is 6.92 Å². The third kappa shape index (κ3) is 3.10. The summed E-state index contributed by atoms with van der Waals surface area (Å²) in [5, 5.41) is 3.42. The van der Waals surface area contributed by atoms with Crippen LogP contribution in [0.5, 0.6) is 0 Å². The zero-order chi connectivity index (χ0) is 12.3. The first-order chi connectivity index (χ1) is 8.11. The van der Waals surface area contributed by atoms with Crippen LogP contribution in [0.1, 0.15) is 19.8 Å². The number of nitrogen functional groups attached to an aromatic ring is 1. The molecule has 5 heteroatoms. The SMILES string of the molecule is CC1(CNc2c(N)cncc2Br)CCOCC1. The lowest BCUT2D eigenvalue weighted by molar-refractivity contribution is 0.0300. The van der Waals surface area contributed by atoms with Crippen molar-refractivity contribution in [1.82, 2.24) is 4.98 Å². The van der Waals surface area contributed by atoms with Gasteiger partial charge in [0.25, 0.3) is 0 Å². The van der Waals surface area contributed by atoms with Crippen molar-refractivity contribution < 1.29 is 4.74 Å². The van der Waals surface area contributed by atoms with Crippen molar-refractivity contribution in [3.63, 3.8) is 0 Å². The van der Waals surface area contributed by atoms with Crippen molar-refractivity contribution in [3.05, 3.63) is 16.9 Å². The number of nitrogens with two attached hydrogens (primary N) is 1. The Hall–Kier alpha value is -0.810. The van der Waals surface area contributed by atoms with E-state index in [1.165, 1.54) is 0 Å². The number of aromatic nitrogens is 1. The predicted octanol–water partition coefficient (Wildman–Crippen LogP) is 2.65. The summed E-state index contributed by atoms with van der Waals surface area (Å²) >= 11 is 3.46. The molecule has 3 N–H and O–H groups in total. The largest absolute Gasteiger partial charge is 0.396 e. The Morgan fingerprint density at radius 2 is 2.18 bits per heavy atom. The van der Waals surface area contributed by atoms with E-state index in [9.17, 15) is 0 Å². The fourth-order valence-corrected chi connectivity index (χ4v) is 2.47. The van der Waals surface area contributed by atoms with Crippen molar-refractivity contribution in [2.75, 3.05) is 30.8 Å². The summed E-state index contributed by atoms with van der Waals surface area (Å²) in [4.78, 5) is 4.02. The summed E-state index contributed by atoms with van der Waals surface area (Å²) in [7, 11) is 0. The van der Waals surface area contributed by atoms with Gasteiger partial charge in [0.1, 0.15) is 0 Å². The highest BCUT2D eigenvalue weighted by atomic mass is 79.9. The summed E-state index contributed by atoms with van der Waals surface area (Å²) in [5.74, 6) is 0. The number of hydrogen-bond acceptors (Lipinski definition) is 4. The molecule has 1 saturated heterocycles. The number of pyridine rings is 1. The molecule has 1 fully saturated rings. The van der Waals surface area contributed by atoms with Gasteiger partial charge in [0, 0.05) is 26.0 Å². The first-order valence-corrected chi connectivity index (χ1v) is 6.61. The Morgan fingerprint density at radius 1 is 1.47 bits per heavy atom. The normalized spacial score (nSPS) is 18.9. The molecule has 1 aliphatic rings. The van der Waals surface area contributed by atoms with Gasteiger partial charge in [-0.05, 0) is 34.2 Å². The molecule has 1 aliphatic heterocycles. The second-order valence-corrected chi connectivity index (χ2v) is 5.72. The molecule has 0 radical (unpaired) electrons. The molecule has 0 aromatic carbocycles. The maximum absolute atomic E-state index is 5.90. The van der Waals surface area contributed by atoms with Crippen molar-refractivity contribution in [2.24, 2.45) is 5.41 Å². The lowest BCUT2D eigenvalue weighted by atomic mass is 9.82. The van der Waals surface area contributed by atoms with Crippen LogP contribution in [0.2, 0.25) is 0 Å². The van der Waals surface area contributed by atoms with Gasteiger partial charge in [0.05, 0.1) is 22.0 Å². The molecule has 1 aromatic heterocycles. The molecule has 0 amide bonds. The Labute approximate surface area is 110 Å². The van der Waals surface area contributed by atoms with E-state index in [1.807, 2.05) is 0 Å². The fourth-order valence-electron chi connectivity index (χ4n) is 1.98. The highest BCUT2D eigenvalue weighted by Gasteiger charge is 2.27. The summed E-state index contributed by atoms with van der Waals surface area (Å²) in [6.07, 6.45) is 5.59. The zero-order valence-corrected chi connectivity index (χ0v) is 11.6. The standard InChI is InChI=1S/C12H18BrN3O/c1-12(2-4-17-5-3-12)8-16-11-9(13)6-15-7-10(11)14/h6-7H,2-5,8,14H2,1H3,(H,15,16). The molecule has 17 heavy (non-hydrogen) atoms. The zero-order valence-electron chi connectivity index (χ0n) is 10.0. The van der Waals surface area contributed by atoms with Crippen LogP contribution in [-0.4, -0.2) is 24.7 Å². The van der Waals surface area contributed by atoms with Crippen molar-refractivity contribution in [1.29, 1.82) is 0 Å². The Bertz CT molecular complexity index is 371. The topological polar surface area (TPSA) is 60.2 Å². The van der Waals surface area contributed by atoms with Crippen LogP contribution in [0.3, 0.4) is 0 Å². The number of anilines is 2. The average Bonchev–Trinajstić information content (AvgIpc) is 2.29. The minimum absolute atomic E-state index is 0.285. The molecule has 0 saturated carbocycles. The van der Waals surface area contributed by atoms with Crippen LogP contribution >= 0.6 is 15.9 Å². The molecule has 2 heterocycles. The van der Waals surface area contributed by atoms with Gasteiger partial charge in [-0.15, -0.1) is 0 Å². The lowest BCUT2D eigenvalue weighted by Crippen LogP contribution is -2.33. The first kappa shape index (κ1) is 12.6. The van der Waals surface area contributed by atoms with E-state index in [2.05, 4.69) is 33.2 Å². The highest BCUT2D eigenvalue weighted by Crippen LogP contribution is 2.33. The number of nitrogens with one attached hydrogen (secondary N) is 1. The van der Waals surface area contributed by atoms with Crippen LogP contribution in [-0.2, 0) is 4.74 Å². The minimum Gasteiger partial charge on any atom is -0.396 e. The molecule has 0 unspecified atom stereocenters. The minimum atomic E-state index is 0.285. The van der Waals surface area contributed by atoms with Crippen LogP contribution < -0.4 is 11.1 Å². The van der Waals surface area contributed by atoms with Crippen molar-refractivity contribution in [3.8, 4) is 0 Å². The molecule has 94 valence electrons. The molecule has 0 bridgehead atoms. The molecule has 1 aromatic rings. The third-order valence-electron chi connectivity index (χ3n) is 3.32. The lowest BCUT2D eigenvalue weighted by Gasteiger charge is -2.34. The van der Waals surface area contributed by atoms with E-state index >= 15 is 0 Å². The number of halogens is 1. The van der Waals surface area contributed by atoms with Crippen LogP contribution in [0.4, 0.5) is 11.4 Å². The second kappa shape index (κ2) is 5.23. The van der Waals surface area contributed by atoms with E-state index in [1.54, 1.807) is 12.4 Å². The number of nitrogens with zero attached hydrogens (tertiary/aromatic N) is 1. The Morgan fingerprint density at radius 3 is 2.82 bits per heavy atom. The first-order valence-electron chi connectivity index (χ1n) is 5.81. The van der Waals surface area contributed by atoms with E-state index in [0.29, 0.717) is 5.69 Å². The van der Waals surface area contributed by atoms with E-state index < -0.39 is 0 Å². The summed E-state index contributed by atoms with van der Waals surface area (Å²) < 4.78 is 6.30. The van der Waals surface area contributed by atoms with E-state index in [0.717, 1.165) is 42.8 Å². The molecule has 0 aliphatic carbocycles. The molecule has 4 nitrogen and oxygen atoms in total. The van der Waals surface area contributed by atoms with Gasteiger partial charge in [0.2, 0.25) is 0 Å². The molecular weight excluding hydrogens is 282 g/mol. The van der Waals surface area contributed by atoms with Gasteiger partial charge in [0.15, 0.2) is 0 Å². The van der Waals surface area contributed by atoms with Gasteiger partial charge in [-0.3, -0.25) is 4.98 Å². The van der Waals surface area contributed by atoms with Crippen molar-refractivity contribution >= 4 is 27.3 Å².